The highest BCUT2D eigenvalue weighted by Crippen LogP contribution is 2.40. The second-order valence-electron chi connectivity index (χ2n) is 10.7. The Morgan fingerprint density at radius 2 is 1.40 bits per heavy atom. The summed E-state index contributed by atoms with van der Waals surface area (Å²) in [5.74, 6) is 3.81. The molecule has 0 aliphatic carbocycles. The van der Waals surface area contributed by atoms with E-state index in [9.17, 15) is 14.7 Å². The average molecular weight is 561 g/mol. The van der Waals surface area contributed by atoms with Crippen LogP contribution in [0.1, 0.15) is 58.2 Å². The van der Waals surface area contributed by atoms with Crippen LogP contribution < -0.4 is 9.47 Å². The van der Waals surface area contributed by atoms with E-state index in [0.717, 1.165) is 11.1 Å². The number of aromatic carboxylic acids is 1. The van der Waals surface area contributed by atoms with Crippen molar-refractivity contribution in [3.8, 4) is 23.3 Å². The predicted octanol–water partition coefficient (Wildman–Crippen LogP) is 6.70. The number of hydrogen-bond donors (Lipinski definition) is 1. The van der Waals surface area contributed by atoms with Crippen molar-refractivity contribution < 1.29 is 33.3 Å². The quantitative estimate of drug-likeness (QED) is 0.168. The van der Waals surface area contributed by atoms with Crippen molar-refractivity contribution >= 4 is 20.3 Å². The third-order valence-electron chi connectivity index (χ3n) is 6.84. The lowest BCUT2D eigenvalue weighted by Crippen LogP contribution is -2.40. The van der Waals surface area contributed by atoms with Gasteiger partial charge in [0.2, 0.25) is 0 Å². The monoisotopic (exact) mass is 560 g/mol. The first-order chi connectivity index (χ1) is 18.9. The lowest BCUT2D eigenvalue weighted by Gasteiger charge is -2.35. The van der Waals surface area contributed by atoms with Gasteiger partial charge in [-0.25, -0.2) is 9.59 Å². The number of carbonyl (C=O) groups is 2. The van der Waals surface area contributed by atoms with Gasteiger partial charge in [0, 0.05) is 5.56 Å². The number of hydrogen-bond acceptors (Lipinski definition) is 6. The van der Waals surface area contributed by atoms with Crippen LogP contribution in [0, 0.1) is 11.8 Å². The molecule has 0 aliphatic rings. The SMILES string of the molecule is COC(=O)c1c(C#CCO[Si](C)(C)C(C)(C)C)cc(C(=O)O)c(OCc2ccccc2)c1OCc1ccccc1. The summed E-state index contributed by atoms with van der Waals surface area (Å²) in [6, 6.07) is 19.9. The Labute approximate surface area is 237 Å². The van der Waals surface area contributed by atoms with Crippen molar-refractivity contribution in [1.82, 2.24) is 0 Å². The normalized spacial score (nSPS) is 11.2. The van der Waals surface area contributed by atoms with Gasteiger partial charge in [-0.15, -0.1) is 0 Å². The topological polar surface area (TPSA) is 91.3 Å². The number of carboxylic acid groups (broad SMARTS) is 1. The summed E-state index contributed by atoms with van der Waals surface area (Å²) in [7, 11) is -0.813. The molecule has 0 aliphatic heterocycles. The number of ether oxygens (including phenoxy) is 3. The molecule has 0 unspecified atom stereocenters. The molecule has 0 saturated heterocycles. The molecular formula is C32H36O7Si. The third kappa shape index (κ3) is 7.75. The summed E-state index contributed by atoms with van der Waals surface area (Å²) in [5, 5.41) is 10.1. The minimum absolute atomic E-state index is 0.00147. The summed E-state index contributed by atoms with van der Waals surface area (Å²) < 4.78 is 23.4. The van der Waals surface area contributed by atoms with Crippen LogP contribution in [0.2, 0.25) is 18.1 Å². The number of methoxy groups -OCH3 is 1. The van der Waals surface area contributed by atoms with Crippen molar-refractivity contribution in [2.24, 2.45) is 0 Å². The zero-order chi connectivity index (χ0) is 29.3. The van der Waals surface area contributed by atoms with Crippen LogP contribution >= 0.6 is 0 Å². The third-order valence-corrected chi connectivity index (χ3v) is 11.3. The van der Waals surface area contributed by atoms with E-state index in [2.05, 4.69) is 45.7 Å². The van der Waals surface area contributed by atoms with Gasteiger partial charge in [0.15, 0.2) is 19.8 Å². The maximum atomic E-state index is 13.1. The highest BCUT2D eigenvalue weighted by Gasteiger charge is 2.36. The number of benzene rings is 3. The van der Waals surface area contributed by atoms with Gasteiger partial charge < -0.3 is 23.7 Å². The minimum atomic E-state index is -2.06. The summed E-state index contributed by atoms with van der Waals surface area (Å²) in [6.07, 6.45) is 0. The van der Waals surface area contributed by atoms with E-state index in [1.807, 2.05) is 60.7 Å². The van der Waals surface area contributed by atoms with Crippen molar-refractivity contribution in [2.75, 3.05) is 13.7 Å². The van der Waals surface area contributed by atoms with Crippen molar-refractivity contribution in [1.29, 1.82) is 0 Å². The van der Waals surface area contributed by atoms with E-state index < -0.39 is 20.3 Å². The Balaban J connectivity index is 2.11. The molecule has 7 nitrogen and oxygen atoms in total. The molecule has 1 N–H and O–H groups in total. The van der Waals surface area contributed by atoms with E-state index >= 15 is 0 Å². The van der Waals surface area contributed by atoms with E-state index in [-0.39, 0.29) is 53.0 Å². The number of carboxylic acids is 1. The second-order valence-corrected chi connectivity index (χ2v) is 15.5. The summed E-state index contributed by atoms with van der Waals surface area (Å²) in [5.41, 5.74) is 1.60. The van der Waals surface area contributed by atoms with E-state index in [4.69, 9.17) is 18.6 Å². The molecule has 0 radical (unpaired) electrons. The Morgan fingerprint density at radius 1 is 0.875 bits per heavy atom. The smallest absolute Gasteiger partial charge is 0.343 e. The molecule has 8 heteroatoms. The maximum Gasteiger partial charge on any atom is 0.343 e. The zero-order valence-corrected chi connectivity index (χ0v) is 24.9. The predicted molar refractivity (Wildman–Crippen MR) is 156 cm³/mol. The second kappa shape index (κ2) is 13.3. The highest BCUT2D eigenvalue weighted by atomic mass is 28.4. The van der Waals surface area contributed by atoms with Gasteiger partial charge >= 0.3 is 11.9 Å². The zero-order valence-electron chi connectivity index (χ0n) is 23.9. The van der Waals surface area contributed by atoms with E-state index in [1.165, 1.54) is 13.2 Å². The molecule has 0 heterocycles. The van der Waals surface area contributed by atoms with Crippen LogP contribution in [-0.4, -0.2) is 39.1 Å². The molecule has 0 fully saturated rings. The average Bonchev–Trinajstić information content (AvgIpc) is 2.93. The van der Waals surface area contributed by atoms with Crippen LogP contribution in [0.5, 0.6) is 11.5 Å². The van der Waals surface area contributed by atoms with Crippen molar-refractivity contribution in [3.63, 3.8) is 0 Å². The standard InChI is InChI=1S/C32H36O7Si/c1-32(2,3)40(5,6)39-19-13-18-25-20-26(30(33)34)28(37-21-23-14-9-7-10-15-23)29(27(25)31(35)36-4)38-22-24-16-11-8-12-17-24/h7-12,14-17,20H,19,21-22H2,1-6H3,(H,33,34). The van der Waals surface area contributed by atoms with Gasteiger partial charge in [-0.3, -0.25) is 0 Å². The fourth-order valence-corrected chi connectivity index (χ4v) is 4.37. The van der Waals surface area contributed by atoms with Gasteiger partial charge in [0.05, 0.1) is 13.7 Å². The van der Waals surface area contributed by atoms with Crippen LogP contribution in [0.15, 0.2) is 66.7 Å². The lowest BCUT2D eigenvalue weighted by molar-refractivity contribution is 0.0590. The van der Waals surface area contributed by atoms with E-state index in [1.54, 1.807) is 0 Å². The molecule has 0 aromatic heterocycles. The Hall–Kier alpha value is -4.06. The summed E-state index contributed by atoms with van der Waals surface area (Å²) in [6.45, 7) is 10.9. The molecule has 0 spiro atoms. The van der Waals surface area contributed by atoms with Crippen LogP contribution in [0.3, 0.4) is 0 Å². The van der Waals surface area contributed by atoms with Crippen LogP contribution in [-0.2, 0) is 22.4 Å². The van der Waals surface area contributed by atoms with Crippen molar-refractivity contribution in [3.05, 3.63) is 94.5 Å². The van der Waals surface area contributed by atoms with Crippen molar-refractivity contribution in [2.45, 2.75) is 52.1 Å². The van der Waals surface area contributed by atoms with Crippen LogP contribution in [0.25, 0.3) is 0 Å². The first-order valence-electron chi connectivity index (χ1n) is 12.9. The fraction of sp³-hybridized carbons (Fsp3) is 0.312. The van der Waals surface area contributed by atoms with Gasteiger partial charge in [0.25, 0.3) is 0 Å². The number of rotatable bonds is 10. The Kier molecular flexibility index (Phi) is 10.2. The Morgan fingerprint density at radius 3 is 1.88 bits per heavy atom. The largest absolute Gasteiger partial charge is 0.484 e. The molecule has 0 saturated carbocycles. The fourth-order valence-electron chi connectivity index (χ4n) is 3.51. The molecule has 0 amide bonds. The lowest BCUT2D eigenvalue weighted by atomic mass is 10.0. The summed E-state index contributed by atoms with van der Waals surface area (Å²) >= 11 is 0. The Bertz CT molecular complexity index is 1380. The number of esters is 1. The molecule has 0 bridgehead atoms. The molecule has 3 rings (SSSR count). The molecule has 0 atom stereocenters. The van der Waals surface area contributed by atoms with E-state index in [0.29, 0.717) is 0 Å². The molecular weight excluding hydrogens is 524 g/mol. The van der Waals surface area contributed by atoms with Gasteiger partial charge in [-0.05, 0) is 35.3 Å². The van der Waals surface area contributed by atoms with Gasteiger partial charge in [-0.2, -0.15) is 0 Å². The highest BCUT2D eigenvalue weighted by molar-refractivity contribution is 6.74. The first kappa shape index (κ1) is 30.5. The number of carbonyl (C=O) groups excluding carboxylic acids is 1. The molecule has 40 heavy (non-hydrogen) atoms. The van der Waals surface area contributed by atoms with Crippen LogP contribution in [0.4, 0.5) is 0 Å². The minimum Gasteiger partial charge on any atom is -0.484 e. The molecule has 210 valence electrons. The summed E-state index contributed by atoms with van der Waals surface area (Å²) in [4.78, 5) is 25.5. The molecule has 3 aromatic carbocycles. The molecule has 3 aromatic rings. The first-order valence-corrected chi connectivity index (χ1v) is 15.8. The maximum absolute atomic E-state index is 13.1. The van der Waals surface area contributed by atoms with Gasteiger partial charge in [0.1, 0.15) is 24.3 Å². The van der Waals surface area contributed by atoms with Gasteiger partial charge in [-0.1, -0.05) is 93.3 Å².